The zero-order valence-electron chi connectivity index (χ0n) is 14.4. The normalized spacial score (nSPS) is 16.6. The quantitative estimate of drug-likeness (QED) is 0.604. The summed E-state index contributed by atoms with van der Waals surface area (Å²) >= 11 is 0. The van der Waals surface area contributed by atoms with Crippen LogP contribution in [0.2, 0.25) is 0 Å². The maximum absolute atomic E-state index is 5.70. The number of methoxy groups -OCH3 is 2. The van der Waals surface area contributed by atoms with E-state index in [4.69, 9.17) is 14.2 Å². The Morgan fingerprint density at radius 2 is 1.70 bits per heavy atom. The van der Waals surface area contributed by atoms with Gasteiger partial charge in [-0.05, 0) is 18.1 Å². The molecule has 0 amide bonds. The Labute approximate surface area is 139 Å². The smallest absolute Gasteiger partial charge is 0.213 e. The third-order valence-corrected chi connectivity index (χ3v) is 4.05. The van der Waals surface area contributed by atoms with Gasteiger partial charge in [0.05, 0.1) is 19.8 Å². The van der Waals surface area contributed by atoms with Crippen LogP contribution in [0.25, 0.3) is 0 Å². The van der Waals surface area contributed by atoms with Crippen LogP contribution >= 0.6 is 0 Å². The van der Waals surface area contributed by atoms with E-state index in [-0.39, 0.29) is 0 Å². The summed E-state index contributed by atoms with van der Waals surface area (Å²) in [5.74, 6) is 0.689. The SMILES string of the molecule is COCCN1CCN(CCCOc2ccc(COC)cn2)CC1. The van der Waals surface area contributed by atoms with Gasteiger partial charge in [-0.2, -0.15) is 0 Å². The lowest BCUT2D eigenvalue weighted by Crippen LogP contribution is -2.47. The molecule has 130 valence electrons. The molecular formula is C17H29N3O3. The summed E-state index contributed by atoms with van der Waals surface area (Å²) in [6, 6.07) is 3.90. The fraction of sp³-hybridized carbons (Fsp3) is 0.706. The van der Waals surface area contributed by atoms with Crippen molar-refractivity contribution in [3.05, 3.63) is 23.9 Å². The predicted molar refractivity (Wildman–Crippen MR) is 89.8 cm³/mol. The number of nitrogens with zero attached hydrogens (tertiary/aromatic N) is 3. The van der Waals surface area contributed by atoms with E-state index in [1.807, 2.05) is 12.1 Å². The molecule has 0 aromatic carbocycles. The number of aromatic nitrogens is 1. The van der Waals surface area contributed by atoms with E-state index >= 15 is 0 Å². The number of hydrogen-bond donors (Lipinski definition) is 0. The van der Waals surface area contributed by atoms with Gasteiger partial charge in [0, 0.05) is 65.8 Å². The van der Waals surface area contributed by atoms with Gasteiger partial charge >= 0.3 is 0 Å². The lowest BCUT2D eigenvalue weighted by molar-refractivity contribution is 0.0940. The van der Waals surface area contributed by atoms with Crippen molar-refractivity contribution >= 4 is 0 Å². The van der Waals surface area contributed by atoms with Crippen LogP contribution in [0, 0.1) is 0 Å². The van der Waals surface area contributed by atoms with Crippen LogP contribution in [0.1, 0.15) is 12.0 Å². The van der Waals surface area contributed by atoms with Crippen LogP contribution in [0.4, 0.5) is 0 Å². The molecule has 0 aliphatic carbocycles. The molecule has 2 heterocycles. The van der Waals surface area contributed by atoms with Crippen LogP contribution < -0.4 is 4.74 Å². The topological polar surface area (TPSA) is 47.1 Å². The van der Waals surface area contributed by atoms with Crippen LogP contribution in [0.3, 0.4) is 0 Å². The van der Waals surface area contributed by atoms with Crippen molar-refractivity contribution in [2.45, 2.75) is 13.0 Å². The highest BCUT2D eigenvalue weighted by Gasteiger charge is 2.15. The first-order valence-electron chi connectivity index (χ1n) is 8.32. The van der Waals surface area contributed by atoms with Gasteiger partial charge in [0.25, 0.3) is 0 Å². The Morgan fingerprint density at radius 1 is 0.957 bits per heavy atom. The number of piperazine rings is 1. The third-order valence-electron chi connectivity index (χ3n) is 4.05. The molecule has 0 saturated carbocycles. The zero-order chi connectivity index (χ0) is 16.3. The van der Waals surface area contributed by atoms with Crippen molar-refractivity contribution in [2.75, 3.05) is 66.7 Å². The van der Waals surface area contributed by atoms with Gasteiger partial charge in [-0.15, -0.1) is 0 Å². The van der Waals surface area contributed by atoms with E-state index in [1.165, 1.54) is 0 Å². The maximum atomic E-state index is 5.70. The largest absolute Gasteiger partial charge is 0.478 e. The Balaban J connectivity index is 1.55. The van der Waals surface area contributed by atoms with Crippen molar-refractivity contribution < 1.29 is 14.2 Å². The van der Waals surface area contributed by atoms with Crippen LogP contribution in [-0.2, 0) is 16.1 Å². The molecule has 6 heteroatoms. The molecule has 1 aromatic rings. The number of ether oxygens (including phenoxy) is 3. The highest BCUT2D eigenvalue weighted by atomic mass is 16.5. The summed E-state index contributed by atoms with van der Waals surface area (Å²) in [5, 5.41) is 0. The van der Waals surface area contributed by atoms with E-state index < -0.39 is 0 Å². The number of pyridine rings is 1. The molecule has 0 spiro atoms. The Kier molecular flexibility index (Phi) is 8.31. The minimum absolute atomic E-state index is 0.587. The van der Waals surface area contributed by atoms with Crippen molar-refractivity contribution in [3.8, 4) is 5.88 Å². The average molecular weight is 323 g/mol. The molecule has 1 aromatic heterocycles. The van der Waals surface area contributed by atoms with Gasteiger partial charge in [-0.25, -0.2) is 4.98 Å². The molecule has 0 atom stereocenters. The fourth-order valence-corrected chi connectivity index (χ4v) is 2.67. The van der Waals surface area contributed by atoms with Gasteiger partial charge in [0.2, 0.25) is 5.88 Å². The monoisotopic (exact) mass is 323 g/mol. The van der Waals surface area contributed by atoms with Gasteiger partial charge < -0.3 is 19.1 Å². The first kappa shape index (κ1) is 18.1. The first-order valence-corrected chi connectivity index (χ1v) is 8.32. The van der Waals surface area contributed by atoms with Gasteiger partial charge in [-0.3, -0.25) is 4.90 Å². The van der Waals surface area contributed by atoms with Crippen molar-refractivity contribution in [3.63, 3.8) is 0 Å². The van der Waals surface area contributed by atoms with E-state index in [1.54, 1.807) is 20.4 Å². The second-order valence-corrected chi connectivity index (χ2v) is 5.82. The van der Waals surface area contributed by atoms with E-state index in [0.29, 0.717) is 19.1 Å². The minimum Gasteiger partial charge on any atom is -0.478 e. The number of rotatable bonds is 10. The van der Waals surface area contributed by atoms with Crippen LogP contribution in [0.5, 0.6) is 5.88 Å². The number of hydrogen-bond acceptors (Lipinski definition) is 6. The molecule has 1 saturated heterocycles. The standard InChI is InChI=1S/C17H29N3O3/c1-21-13-11-20-9-7-19(8-10-20)6-3-12-23-17-5-4-16(14-18-17)15-22-2/h4-5,14H,3,6-13,15H2,1-2H3. The molecular weight excluding hydrogens is 294 g/mol. The van der Waals surface area contributed by atoms with E-state index in [0.717, 1.165) is 57.9 Å². The minimum atomic E-state index is 0.587. The second-order valence-electron chi connectivity index (χ2n) is 5.82. The lowest BCUT2D eigenvalue weighted by Gasteiger charge is -2.34. The van der Waals surface area contributed by atoms with Crippen molar-refractivity contribution in [1.82, 2.24) is 14.8 Å². The molecule has 0 bridgehead atoms. The Bertz CT molecular complexity index is 420. The summed E-state index contributed by atoms with van der Waals surface area (Å²) in [7, 11) is 3.44. The summed E-state index contributed by atoms with van der Waals surface area (Å²) in [5.41, 5.74) is 1.06. The highest BCUT2D eigenvalue weighted by molar-refractivity contribution is 5.17. The molecule has 6 nitrogen and oxygen atoms in total. The molecule has 0 radical (unpaired) electrons. The molecule has 2 rings (SSSR count). The Morgan fingerprint density at radius 3 is 2.30 bits per heavy atom. The lowest BCUT2D eigenvalue weighted by atomic mass is 10.3. The molecule has 0 unspecified atom stereocenters. The van der Waals surface area contributed by atoms with Crippen LogP contribution in [0.15, 0.2) is 18.3 Å². The van der Waals surface area contributed by atoms with Crippen molar-refractivity contribution in [1.29, 1.82) is 0 Å². The maximum Gasteiger partial charge on any atom is 0.213 e. The molecule has 23 heavy (non-hydrogen) atoms. The van der Waals surface area contributed by atoms with Gasteiger partial charge in [-0.1, -0.05) is 0 Å². The molecule has 0 N–H and O–H groups in total. The summed E-state index contributed by atoms with van der Waals surface area (Å²) in [4.78, 5) is 9.25. The van der Waals surface area contributed by atoms with Crippen molar-refractivity contribution in [2.24, 2.45) is 0 Å². The van der Waals surface area contributed by atoms with E-state index in [2.05, 4.69) is 14.8 Å². The van der Waals surface area contributed by atoms with Crippen LogP contribution in [-0.4, -0.2) is 81.5 Å². The summed E-state index contributed by atoms with van der Waals surface area (Å²) in [6.07, 6.45) is 2.83. The summed E-state index contributed by atoms with van der Waals surface area (Å²) in [6.45, 7) is 8.77. The van der Waals surface area contributed by atoms with E-state index in [9.17, 15) is 0 Å². The highest BCUT2D eigenvalue weighted by Crippen LogP contribution is 2.09. The molecule has 1 fully saturated rings. The predicted octanol–water partition coefficient (Wildman–Crippen LogP) is 1.26. The second kappa shape index (κ2) is 10.5. The molecule has 1 aliphatic rings. The zero-order valence-corrected chi connectivity index (χ0v) is 14.4. The third kappa shape index (κ3) is 6.83. The van der Waals surface area contributed by atoms with Gasteiger partial charge in [0.1, 0.15) is 0 Å². The summed E-state index contributed by atoms with van der Waals surface area (Å²) < 4.78 is 15.9. The fourth-order valence-electron chi connectivity index (χ4n) is 2.67. The Hall–Kier alpha value is -1.21. The molecule has 1 aliphatic heterocycles. The average Bonchev–Trinajstić information content (AvgIpc) is 2.59. The first-order chi connectivity index (χ1) is 11.3. The van der Waals surface area contributed by atoms with Gasteiger partial charge in [0.15, 0.2) is 0 Å².